The van der Waals surface area contributed by atoms with Gasteiger partial charge in [-0.1, -0.05) is 36.4 Å². The van der Waals surface area contributed by atoms with Crippen LogP contribution in [0.4, 0.5) is 10.2 Å². The van der Waals surface area contributed by atoms with E-state index in [2.05, 4.69) is 15.6 Å². The summed E-state index contributed by atoms with van der Waals surface area (Å²) in [5, 5.41) is 6.25. The molecule has 31 heavy (non-hydrogen) atoms. The lowest BCUT2D eigenvalue weighted by atomic mass is 9.93. The molecule has 0 aliphatic carbocycles. The molecular weight excluding hydrogens is 395 g/mol. The number of benzene rings is 2. The molecule has 158 valence electrons. The minimum absolute atomic E-state index is 0.0726. The molecule has 1 atom stereocenters. The SMILES string of the molecule is Nc1nc(F)c(-c2ccc(C3COCCN3)cc2)cc1-c1ccc2c(c1)CCNC2=O. The molecular formula is C24H23FN4O2. The van der Waals surface area contributed by atoms with E-state index in [9.17, 15) is 9.18 Å². The smallest absolute Gasteiger partial charge is 0.251 e. The number of carbonyl (C=O) groups excluding carboxylic acids is 1. The Labute approximate surface area is 179 Å². The lowest BCUT2D eigenvalue weighted by Gasteiger charge is -2.24. The minimum Gasteiger partial charge on any atom is -0.383 e. The summed E-state index contributed by atoms with van der Waals surface area (Å²) in [7, 11) is 0. The van der Waals surface area contributed by atoms with Gasteiger partial charge in [0.05, 0.1) is 19.3 Å². The van der Waals surface area contributed by atoms with Crippen molar-refractivity contribution in [2.24, 2.45) is 0 Å². The molecule has 3 aromatic rings. The number of pyridine rings is 1. The van der Waals surface area contributed by atoms with Gasteiger partial charge >= 0.3 is 0 Å². The van der Waals surface area contributed by atoms with E-state index < -0.39 is 5.95 Å². The van der Waals surface area contributed by atoms with Gasteiger partial charge in [-0.3, -0.25) is 4.79 Å². The number of nitrogen functional groups attached to an aromatic ring is 1. The standard InChI is InChI=1S/C24H23FN4O2/c25-22-19(14-1-3-15(4-2-14)21-13-31-10-9-27-21)12-20(23(26)29-22)16-5-6-18-17(11-16)7-8-28-24(18)30/h1-6,11-12,21,27H,7-10,13H2,(H2,26,29)(H,28,30). The van der Waals surface area contributed by atoms with Gasteiger partial charge in [0.15, 0.2) is 0 Å². The first-order valence-corrected chi connectivity index (χ1v) is 10.4. The highest BCUT2D eigenvalue weighted by Crippen LogP contribution is 2.33. The quantitative estimate of drug-likeness (QED) is 0.569. The average Bonchev–Trinajstić information content (AvgIpc) is 2.80. The van der Waals surface area contributed by atoms with Crippen LogP contribution in [0, 0.1) is 5.95 Å². The van der Waals surface area contributed by atoms with Crippen LogP contribution in [0.25, 0.3) is 22.3 Å². The lowest BCUT2D eigenvalue weighted by Crippen LogP contribution is -2.34. The second-order valence-corrected chi connectivity index (χ2v) is 7.84. The Balaban J connectivity index is 1.50. The minimum atomic E-state index is -0.606. The van der Waals surface area contributed by atoms with Gasteiger partial charge in [0.25, 0.3) is 5.91 Å². The number of fused-ring (bicyclic) bond motifs is 1. The lowest BCUT2D eigenvalue weighted by molar-refractivity contribution is 0.0769. The van der Waals surface area contributed by atoms with Gasteiger partial charge in [0.1, 0.15) is 5.82 Å². The number of carbonyl (C=O) groups is 1. The number of nitrogens with one attached hydrogen (secondary N) is 2. The van der Waals surface area contributed by atoms with Crippen LogP contribution in [0.1, 0.15) is 27.5 Å². The number of amides is 1. The van der Waals surface area contributed by atoms with Gasteiger partial charge < -0.3 is 21.1 Å². The first-order chi connectivity index (χ1) is 15.1. The molecule has 6 nitrogen and oxygen atoms in total. The third kappa shape index (κ3) is 3.78. The van der Waals surface area contributed by atoms with Crippen LogP contribution in [0.3, 0.4) is 0 Å². The van der Waals surface area contributed by atoms with Crippen molar-refractivity contribution in [3.8, 4) is 22.3 Å². The summed E-state index contributed by atoms with van der Waals surface area (Å²) in [5.74, 6) is -0.552. The Hall–Kier alpha value is -3.29. The summed E-state index contributed by atoms with van der Waals surface area (Å²) in [6, 6.07) is 15.2. The zero-order chi connectivity index (χ0) is 21.4. The van der Waals surface area contributed by atoms with E-state index in [0.29, 0.717) is 36.4 Å². The summed E-state index contributed by atoms with van der Waals surface area (Å²) in [6.07, 6.45) is 0.747. The number of nitrogens with two attached hydrogens (primary N) is 1. The summed E-state index contributed by atoms with van der Waals surface area (Å²) in [5.41, 5.74) is 11.4. The van der Waals surface area contributed by atoms with Crippen LogP contribution < -0.4 is 16.4 Å². The maximum Gasteiger partial charge on any atom is 0.251 e. The first kappa shape index (κ1) is 19.7. The van der Waals surface area contributed by atoms with Crippen molar-refractivity contribution in [1.29, 1.82) is 0 Å². The molecule has 1 aromatic heterocycles. The van der Waals surface area contributed by atoms with Gasteiger partial charge in [-0.05, 0) is 40.8 Å². The highest BCUT2D eigenvalue weighted by molar-refractivity contribution is 5.97. The Bertz CT molecular complexity index is 1140. The van der Waals surface area contributed by atoms with Crippen LogP contribution >= 0.6 is 0 Å². The van der Waals surface area contributed by atoms with Crippen LogP contribution in [-0.2, 0) is 11.2 Å². The predicted octanol–water partition coefficient (Wildman–Crippen LogP) is 3.08. The monoisotopic (exact) mass is 418 g/mol. The van der Waals surface area contributed by atoms with E-state index in [4.69, 9.17) is 10.5 Å². The van der Waals surface area contributed by atoms with Crippen molar-refractivity contribution in [1.82, 2.24) is 15.6 Å². The molecule has 1 saturated heterocycles. The fraction of sp³-hybridized carbons (Fsp3) is 0.250. The summed E-state index contributed by atoms with van der Waals surface area (Å²) < 4.78 is 20.3. The zero-order valence-electron chi connectivity index (χ0n) is 17.0. The second-order valence-electron chi connectivity index (χ2n) is 7.84. The number of hydrogen-bond donors (Lipinski definition) is 3. The number of hydrogen-bond acceptors (Lipinski definition) is 5. The molecule has 0 saturated carbocycles. The number of nitrogens with zero attached hydrogens (tertiary/aromatic N) is 1. The van der Waals surface area contributed by atoms with E-state index >= 15 is 0 Å². The summed E-state index contributed by atoms with van der Waals surface area (Å²) in [4.78, 5) is 16.0. The summed E-state index contributed by atoms with van der Waals surface area (Å²) in [6.45, 7) is 2.75. The number of anilines is 1. The molecule has 1 fully saturated rings. The van der Waals surface area contributed by atoms with Crippen molar-refractivity contribution < 1.29 is 13.9 Å². The number of morpholine rings is 1. The summed E-state index contributed by atoms with van der Waals surface area (Å²) >= 11 is 0. The molecule has 2 aliphatic heterocycles. The van der Waals surface area contributed by atoms with E-state index in [1.807, 2.05) is 36.4 Å². The van der Waals surface area contributed by atoms with Gasteiger partial charge in [-0.15, -0.1) is 0 Å². The zero-order valence-corrected chi connectivity index (χ0v) is 17.0. The van der Waals surface area contributed by atoms with E-state index in [0.717, 1.165) is 35.2 Å². The molecule has 3 heterocycles. The maximum absolute atomic E-state index is 14.7. The molecule has 2 aliphatic rings. The highest BCUT2D eigenvalue weighted by atomic mass is 19.1. The van der Waals surface area contributed by atoms with Crippen LogP contribution in [0.15, 0.2) is 48.5 Å². The van der Waals surface area contributed by atoms with Gasteiger partial charge in [-0.25, -0.2) is 4.98 Å². The van der Waals surface area contributed by atoms with E-state index in [1.54, 1.807) is 12.1 Å². The molecule has 0 spiro atoms. The topological polar surface area (TPSA) is 89.3 Å². The predicted molar refractivity (Wildman–Crippen MR) is 117 cm³/mol. The first-order valence-electron chi connectivity index (χ1n) is 10.4. The Kier molecular flexibility index (Phi) is 5.13. The molecule has 0 radical (unpaired) electrons. The molecule has 4 N–H and O–H groups in total. The van der Waals surface area contributed by atoms with Crippen LogP contribution in [0.5, 0.6) is 0 Å². The number of aromatic nitrogens is 1. The number of ether oxygens (including phenoxy) is 1. The van der Waals surface area contributed by atoms with E-state index in [-0.39, 0.29) is 17.8 Å². The molecule has 0 bridgehead atoms. The third-order valence-electron chi connectivity index (χ3n) is 5.89. The van der Waals surface area contributed by atoms with Crippen molar-refractivity contribution >= 4 is 11.7 Å². The van der Waals surface area contributed by atoms with Gasteiger partial charge in [0, 0.05) is 29.8 Å². The van der Waals surface area contributed by atoms with Crippen molar-refractivity contribution in [3.05, 3.63) is 71.2 Å². The van der Waals surface area contributed by atoms with Crippen molar-refractivity contribution in [3.63, 3.8) is 0 Å². The fourth-order valence-electron chi connectivity index (χ4n) is 4.21. The van der Waals surface area contributed by atoms with E-state index in [1.165, 1.54) is 0 Å². The third-order valence-corrected chi connectivity index (χ3v) is 5.89. The molecule has 7 heteroatoms. The average molecular weight is 418 g/mol. The maximum atomic E-state index is 14.7. The molecule has 2 aromatic carbocycles. The molecule has 1 amide bonds. The Morgan fingerprint density at radius 3 is 2.58 bits per heavy atom. The second kappa shape index (κ2) is 8.09. The Morgan fingerprint density at radius 1 is 1.00 bits per heavy atom. The number of rotatable bonds is 3. The van der Waals surface area contributed by atoms with Gasteiger partial charge in [0.2, 0.25) is 5.95 Å². The Morgan fingerprint density at radius 2 is 1.81 bits per heavy atom. The van der Waals surface area contributed by atoms with Crippen molar-refractivity contribution in [2.75, 3.05) is 32.0 Å². The van der Waals surface area contributed by atoms with Crippen LogP contribution in [0.2, 0.25) is 0 Å². The highest BCUT2D eigenvalue weighted by Gasteiger charge is 2.20. The largest absolute Gasteiger partial charge is 0.383 e. The fourth-order valence-corrected chi connectivity index (χ4v) is 4.21. The number of halogens is 1. The molecule has 5 rings (SSSR count). The van der Waals surface area contributed by atoms with Crippen LogP contribution in [-0.4, -0.2) is 37.2 Å². The van der Waals surface area contributed by atoms with Gasteiger partial charge in [-0.2, -0.15) is 4.39 Å². The molecule has 1 unspecified atom stereocenters. The normalized spacial score (nSPS) is 18.4. The van der Waals surface area contributed by atoms with Crippen molar-refractivity contribution in [2.45, 2.75) is 12.5 Å².